The molecule has 1 aromatic rings. The molecule has 1 rings (SSSR count). The molecule has 0 bridgehead atoms. The highest BCUT2D eigenvalue weighted by Gasteiger charge is 2.32. The van der Waals surface area contributed by atoms with Crippen LogP contribution in [0.5, 0.6) is 5.75 Å². The molecule has 0 heterocycles. The Morgan fingerprint density at radius 2 is 1.45 bits per heavy atom. The number of nitrogens with zero attached hydrogens (tertiary/aromatic N) is 1. The van der Waals surface area contributed by atoms with Gasteiger partial charge in [-0.1, -0.05) is 32.4 Å². The number of phenols is 1. The predicted octanol–water partition coefficient (Wildman–Crippen LogP) is -2.22. The molecule has 40 heavy (non-hydrogen) atoms. The van der Waals surface area contributed by atoms with Crippen LogP contribution in [0.4, 0.5) is 0 Å². The topological polar surface area (TPSA) is 278 Å². The molecule has 4 amide bonds. The first-order valence-electron chi connectivity index (χ1n) is 12.8. The van der Waals surface area contributed by atoms with E-state index in [1.807, 2.05) is 6.92 Å². The van der Waals surface area contributed by atoms with Crippen molar-refractivity contribution in [1.29, 1.82) is 0 Å². The molecule has 0 saturated heterocycles. The molecule has 0 saturated carbocycles. The van der Waals surface area contributed by atoms with Crippen LogP contribution in [0.3, 0.4) is 0 Å². The van der Waals surface area contributed by atoms with Crippen LogP contribution in [-0.2, 0) is 30.4 Å². The van der Waals surface area contributed by atoms with Gasteiger partial charge in [-0.2, -0.15) is 0 Å². The van der Waals surface area contributed by atoms with Gasteiger partial charge in [-0.15, -0.1) is 0 Å². The second-order valence-corrected chi connectivity index (χ2v) is 9.42. The summed E-state index contributed by atoms with van der Waals surface area (Å²) in [5, 5.41) is 26.3. The lowest BCUT2D eigenvalue weighted by Crippen LogP contribution is -2.58. The highest BCUT2D eigenvalue weighted by atomic mass is 16.4. The molecule has 0 aliphatic carbocycles. The monoisotopic (exact) mass is 564 g/mol. The van der Waals surface area contributed by atoms with Crippen LogP contribution in [0.15, 0.2) is 29.3 Å². The molecule has 5 unspecified atom stereocenters. The summed E-state index contributed by atoms with van der Waals surface area (Å²) in [6.07, 6.45) is 0.116. The summed E-state index contributed by atoms with van der Waals surface area (Å²) >= 11 is 0. The number of phenolic OH excluding ortho intramolecular Hbond substituents is 1. The maximum Gasteiger partial charge on any atom is 0.326 e. The number of carbonyl (C=O) groups is 5. The van der Waals surface area contributed by atoms with Gasteiger partial charge >= 0.3 is 5.97 Å². The normalized spacial score (nSPS) is 14.5. The number of carboxylic acids is 1. The van der Waals surface area contributed by atoms with E-state index >= 15 is 0 Å². The summed E-state index contributed by atoms with van der Waals surface area (Å²) in [7, 11) is 0. The second kappa shape index (κ2) is 16.5. The molecule has 1 aromatic carbocycles. The van der Waals surface area contributed by atoms with Crippen LogP contribution in [0.25, 0.3) is 0 Å². The fourth-order valence-corrected chi connectivity index (χ4v) is 3.57. The predicted molar refractivity (Wildman–Crippen MR) is 146 cm³/mol. The van der Waals surface area contributed by atoms with Gasteiger partial charge in [-0.25, -0.2) is 4.79 Å². The molecule has 13 N–H and O–H groups in total. The van der Waals surface area contributed by atoms with Crippen LogP contribution in [0, 0.1) is 5.92 Å². The molecular formula is C25H40N8O7. The van der Waals surface area contributed by atoms with Gasteiger partial charge < -0.3 is 49.1 Å². The Bertz CT molecular complexity index is 1060. The number of carbonyl (C=O) groups excluding carboxylic acids is 4. The molecule has 0 fully saturated rings. The van der Waals surface area contributed by atoms with Crippen molar-refractivity contribution in [1.82, 2.24) is 16.0 Å². The highest BCUT2D eigenvalue weighted by molar-refractivity contribution is 5.96. The summed E-state index contributed by atoms with van der Waals surface area (Å²) in [6.45, 7) is 3.76. The average molecular weight is 565 g/mol. The molecule has 0 radical (unpaired) electrons. The maximum atomic E-state index is 13.3. The summed E-state index contributed by atoms with van der Waals surface area (Å²) < 4.78 is 0. The van der Waals surface area contributed by atoms with Gasteiger partial charge in [0.2, 0.25) is 23.6 Å². The van der Waals surface area contributed by atoms with Crippen molar-refractivity contribution in [3.8, 4) is 5.75 Å². The number of aromatic hydroxyl groups is 1. The van der Waals surface area contributed by atoms with E-state index in [-0.39, 0.29) is 43.4 Å². The Morgan fingerprint density at radius 1 is 0.900 bits per heavy atom. The number of guanidine groups is 1. The zero-order valence-electron chi connectivity index (χ0n) is 22.6. The number of hydrogen-bond acceptors (Lipinski definition) is 8. The van der Waals surface area contributed by atoms with E-state index in [2.05, 4.69) is 20.9 Å². The van der Waals surface area contributed by atoms with Gasteiger partial charge in [-0.3, -0.25) is 24.2 Å². The lowest BCUT2D eigenvalue weighted by atomic mass is 9.98. The quantitative estimate of drug-likeness (QED) is 0.0558. The zero-order chi connectivity index (χ0) is 30.4. The summed E-state index contributed by atoms with van der Waals surface area (Å²) in [5.74, 6) is -5.04. The van der Waals surface area contributed by atoms with Gasteiger partial charge in [0.1, 0.15) is 23.9 Å². The lowest BCUT2D eigenvalue weighted by molar-refractivity contribution is -0.142. The number of nitrogens with two attached hydrogens (primary N) is 4. The Kier molecular flexibility index (Phi) is 13.9. The van der Waals surface area contributed by atoms with E-state index in [0.29, 0.717) is 12.0 Å². The first-order valence-corrected chi connectivity index (χ1v) is 12.8. The Labute approximate surface area is 232 Å². The van der Waals surface area contributed by atoms with E-state index in [1.54, 1.807) is 19.1 Å². The first-order chi connectivity index (χ1) is 18.7. The van der Waals surface area contributed by atoms with E-state index in [0.717, 1.165) is 0 Å². The van der Waals surface area contributed by atoms with Gasteiger partial charge in [-0.05, 0) is 36.5 Å². The Balaban J connectivity index is 3.12. The smallest absolute Gasteiger partial charge is 0.326 e. The largest absolute Gasteiger partial charge is 0.508 e. The maximum absolute atomic E-state index is 13.3. The van der Waals surface area contributed by atoms with E-state index in [1.165, 1.54) is 12.1 Å². The van der Waals surface area contributed by atoms with Gasteiger partial charge in [0.05, 0.1) is 12.5 Å². The molecule has 5 atom stereocenters. The van der Waals surface area contributed by atoms with Crippen LogP contribution in [-0.4, -0.2) is 76.5 Å². The van der Waals surface area contributed by atoms with Crippen molar-refractivity contribution in [2.45, 2.75) is 70.1 Å². The number of benzene rings is 1. The third kappa shape index (κ3) is 12.0. The molecule has 0 aromatic heterocycles. The minimum absolute atomic E-state index is 0.00273. The van der Waals surface area contributed by atoms with Crippen molar-refractivity contribution < 1.29 is 34.2 Å². The molecule has 0 aliphatic heterocycles. The van der Waals surface area contributed by atoms with Crippen molar-refractivity contribution >= 4 is 35.6 Å². The minimum Gasteiger partial charge on any atom is -0.508 e. The summed E-state index contributed by atoms with van der Waals surface area (Å²) in [6, 6.07) is 0.847. The van der Waals surface area contributed by atoms with Gasteiger partial charge in [0.15, 0.2) is 5.96 Å². The second-order valence-electron chi connectivity index (χ2n) is 9.42. The number of hydrogen-bond donors (Lipinski definition) is 9. The van der Waals surface area contributed by atoms with Crippen molar-refractivity contribution in [2.75, 3.05) is 6.54 Å². The molecular weight excluding hydrogens is 524 g/mol. The fourth-order valence-electron chi connectivity index (χ4n) is 3.57. The third-order valence-electron chi connectivity index (χ3n) is 6.17. The fraction of sp³-hybridized carbons (Fsp3) is 0.520. The van der Waals surface area contributed by atoms with E-state index in [9.17, 15) is 34.2 Å². The van der Waals surface area contributed by atoms with Crippen molar-refractivity contribution in [2.24, 2.45) is 33.8 Å². The van der Waals surface area contributed by atoms with Gasteiger partial charge in [0.25, 0.3) is 0 Å². The highest BCUT2D eigenvalue weighted by Crippen LogP contribution is 2.13. The number of rotatable bonds is 17. The molecule has 15 nitrogen and oxygen atoms in total. The van der Waals surface area contributed by atoms with Crippen molar-refractivity contribution in [3.63, 3.8) is 0 Å². The number of aliphatic carboxylic acids is 1. The van der Waals surface area contributed by atoms with Crippen molar-refractivity contribution in [3.05, 3.63) is 29.8 Å². The Morgan fingerprint density at radius 3 is 1.98 bits per heavy atom. The molecule has 222 valence electrons. The van der Waals surface area contributed by atoms with E-state index < -0.39 is 60.2 Å². The number of amides is 4. The molecule has 0 aliphatic rings. The standard InChI is InChI=1S/C25H40N8O7/c1-3-13(2)20(27)23(38)33-17(11-14-6-8-15(34)9-7-14)21(36)32-18(12-19(26)35)22(37)31-16(24(39)40)5-4-10-30-25(28)29/h6-9,13,16-18,20,34H,3-5,10-12,27H2,1-2H3,(H2,26,35)(H,31,37)(H,32,36)(H,33,38)(H,39,40)(H4,28,29,30). The van der Waals surface area contributed by atoms with Gasteiger partial charge in [0, 0.05) is 13.0 Å². The average Bonchev–Trinajstić information content (AvgIpc) is 2.88. The summed E-state index contributed by atoms with van der Waals surface area (Å²) in [5.41, 5.74) is 22.3. The number of nitrogens with one attached hydrogen (secondary N) is 3. The SMILES string of the molecule is CCC(C)C(N)C(=O)NC(Cc1ccc(O)cc1)C(=O)NC(CC(N)=O)C(=O)NC(CCCN=C(N)N)C(=O)O. The van der Waals surface area contributed by atoms with Crippen LogP contribution < -0.4 is 38.9 Å². The van der Waals surface area contributed by atoms with Crippen LogP contribution in [0.2, 0.25) is 0 Å². The molecule has 15 heteroatoms. The Hall–Kier alpha value is -4.40. The lowest BCUT2D eigenvalue weighted by Gasteiger charge is -2.26. The number of aliphatic imine (C=N–C) groups is 1. The van der Waals surface area contributed by atoms with Crippen LogP contribution in [0.1, 0.15) is 45.1 Å². The zero-order valence-corrected chi connectivity index (χ0v) is 22.6. The van der Waals surface area contributed by atoms with Crippen LogP contribution >= 0.6 is 0 Å². The first kappa shape index (κ1) is 33.6. The molecule has 0 spiro atoms. The summed E-state index contributed by atoms with van der Waals surface area (Å²) in [4.78, 5) is 66.1. The number of carboxylic acid groups (broad SMARTS) is 1. The third-order valence-corrected chi connectivity index (χ3v) is 6.17. The minimum atomic E-state index is -1.54. The number of primary amides is 1. The van der Waals surface area contributed by atoms with E-state index in [4.69, 9.17) is 22.9 Å².